The smallest absolute Gasteiger partial charge is 0.251 e. The second-order valence-electron chi connectivity index (χ2n) is 9.72. The van der Waals surface area contributed by atoms with Crippen molar-refractivity contribution in [2.24, 2.45) is 0 Å². The van der Waals surface area contributed by atoms with Gasteiger partial charge in [-0.25, -0.2) is 4.39 Å². The molecule has 212 valence electrons. The first-order valence-corrected chi connectivity index (χ1v) is 13.2. The summed E-state index contributed by atoms with van der Waals surface area (Å²) in [4.78, 5) is 31.4. The van der Waals surface area contributed by atoms with E-state index in [4.69, 9.17) is 9.47 Å². The lowest BCUT2D eigenvalue weighted by Crippen LogP contribution is -2.41. The molecule has 1 atom stereocenters. The predicted octanol–water partition coefficient (Wildman–Crippen LogP) is 5.86. The molecule has 0 aliphatic carbocycles. The van der Waals surface area contributed by atoms with Crippen molar-refractivity contribution in [1.29, 1.82) is 0 Å². The van der Waals surface area contributed by atoms with E-state index in [0.29, 0.717) is 28.3 Å². The summed E-state index contributed by atoms with van der Waals surface area (Å²) in [6.07, 6.45) is 0.0316. The van der Waals surface area contributed by atoms with Crippen molar-refractivity contribution in [3.05, 3.63) is 120 Å². The fourth-order valence-electron chi connectivity index (χ4n) is 4.55. The van der Waals surface area contributed by atoms with Gasteiger partial charge in [0.05, 0.1) is 20.6 Å². The van der Waals surface area contributed by atoms with Crippen LogP contribution in [0.4, 0.5) is 15.8 Å². The zero-order chi connectivity index (χ0) is 29.4. The molecule has 0 bridgehead atoms. The summed E-state index contributed by atoms with van der Waals surface area (Å²) in [5.74, 6) is -0.369. The van der Waals surface area contributed by atoms with E-state index in [-0.39, 0.29) is 18.9 Å². The third kappa shape index (κ3) is 7.22. The quantitative estimate of drug-likeness (QED) is 0.251. The molecule has 0 heterocycles. The Bertz CT molecular complexity index is 1480. The Morgan fingerprint density at radius 1 is 0.829 bits per heavy atom. The number of nitrogens with one attached hydrogen (secondary N) is 1. The van der Waals surface area contributed by atoms with Crippen molar-refractivity contribution in [2.45, 2.75) is 19.0 Å². The summed E-state index contributed by atoms with van der Waals surface area (Å²) in [6.45, 7) is -0.121. The standard InChI is InChI=1S/C33H34FN3O4/c1-36(2)27-17-15-26(16-18-27)35-33(39)32(24-14-19-29(40-3)30(21-24)41-4)37(22-25-12-8-9-13-28(25)34)31(38)20-23-10-6-5-7-11-23/h5-19,21,32H,20,22H2,1-4H3,(H,35,39). The van der Waals surface area contributed by atoms with Crippen LogP contribution in [-0.2, 0) is 22.6 Å². The number of hydrogen-bond donors (Lipinski definition) is 1. The minimum atomic E-state index is -1.11. The molecular weight excluding hydrogens is 521 g/mol. The highest BCUT2D eigenvalue weighted by Gasteiger charge is 2.33. The minimum Gasteiger partial charge on any atom is -0.493 e. The maximum Gasteiger partial charge on any atom is 0.251 e. The molecule has 0 spiro atoms. The molecule has 7 nitrogen and oxygen atoms in total. The molecule has 0 saturated heterocycles. The molecule has 4 rings (SSSR count). The van der Waals surface area contributed by atoms with Crippen molar-refractivity contribution < 1.29 is 23.5 Å². The average Bonchev–Trinajstić information content (AvgIpc) is 2.98. The largest absolute Gasteiger partial charge is 0.493 e. The zero-order valence-corrected chi connectivity index (χ0v) is 23.6. The van der Waals surface area contributed by atoms with Crippen molar-refractivity contribution >= 4 is 23.2 Å². The third-order valence-corrected chi connectivity index (χ3v) is 6.75. The third-order valence-electron chi connectivity index (χ3n) is 6.75. The Morgan fingerprint density at radius 3 is 2.12 bits per heavy atom. The first-order valence-electron chi connectivity index (χ1n) is 13.2. The van der Waals surface area contributed by atoms with E-state index < -0.39 is 17.8 Å². The SMILES string of the molecule is COc1ccc(C(C(=O)Nc2ccc(N(C)C)cc2)N(Cc2ccccc2F)C(=O)Cc2ccccc2)cc1OC. The van der Waals surface area contributed by atoms with Crippen molar-refractivity contribution in [3.63, 3.8) is 0 Å². The van der Waals surface area contributed by atoms with Gasteiger partial charge in [0.1, 0.15) is 11.9 Å². The monoisotopic (exact) mass is 555 g/mol. The van der Waals surface area contributed by atoms with Gasteiger partial charge in [-0.15, -0.1) is 0 Å². The predicted molar refractivity (Wildman–Crippen MR) is 159 cm³/mol. The van der Waals surface area contributed by atoms with Gasteiger partial charge in [-0.3, -0.25) is 9.59 Å². The van der Waals surface area contributed by atoms with Gasteiger partial charge in [-0.05, 0) is 53.6 Å². The second kappa shape index (κ2) is 13.5. The van der Waals surface area contributed by atoms with E-state index in [2.05, 4.69) is 5.32 Å². The normalized spacial score (nSPS) is 11.3. The number of methoxy groups -OCH3 is 2. The number of ether oxygens (including phenoxy) is 2. The average molecular weight is 556 g/mol. The lowest BCUT2D eigenvalue weighted by Gasteiger charge is -2.32. The van der Waals surface area contributed by atoms with Gasteiger partial charge in [0.2, 0.25) is 5.91 Å². The summed E-state index contributed by atoms with van der Waals surface area (Å²) < 4.78 is 25.8. The summed E-state index contributed by atoms with van der Waals surface area (Å²) in [7, 11) is 6.88. The molecular formula is C33H34FN3O4. The number of carbonyl (C=O) groups is 2. The van der Waals surface area contributed by atoms with Gasteiger partial charge in [0.25, 0.3) is 5.91 Å². The van der Waals surface area contributed by atoms with Gasteiger partial charge in [-0.2, -0.15) is 0 Å². The summed E-state index contributed by atoms with van der Waals surface area (Å²) in [6, 6.07) is 26.8. The molecule has 1 unspecified atom stereocenters. The van der Waals surface area contributed by atoms with E-state index in [9.17, 15) is 14.0 Å². The first kappa shape index (κ1) is 29.1. The molecule has 2 amide bonds. The minimum absolute atomic E-state index is 0.0316. The Hall–Kier alpha value is -4.85. The van der Waals surface area contributed by atoms with E-state index in [1.54, 1.807) is 48.5 Å². The zero-order valence-electron chi connectivity index (χ0n) is 23.6. The van der Waals surface area contributed by atoms with Crippen LogP contribution in [0.1, 0.15) is 22.7 Å². The van der Waals surface area contributed by atoms with Gasteiger partial charge in [0, 0.05) is 37.6 Å². The lowest BCUT2D eigenvalue weighted by molar-refractivity contribution is -0.139. The van der Waals surface area contributed by atoms with Crippen LogP contribution in [0.25, 0.3) is 0 Å². The van der Waals surface area contributed by atoms with Gasteiger partial charge >= 0.3 is 0 Å². The first-order chi connectivity index (χ1) is 19.8. The molecule has 41 heavy (non-hydrogen) atoms. The molecule has 0 aromatic heterocycles. The van der Waals surface area contributed by atoms with Crippen LogP contribution in [0.5, 0.6) is 11.5 Å². The van der Waals surface area contributed by atoms with E-state index in [0.717, 1.165) is 11.3 Å². The maximum atomic E-state index is 14.9. The van der Waals surface area contributed by atoms with Crippen molar-refractivity contribution in [2.75, 3.05) is 38.5 Å². The maximum absolute atomic E-state index is 14.9. The lowest BCUT2D eigenvalue weighted by atomic mass is 10.0. The molecule has 0 aliphatic rings. The van der Waals surface area contributed by atoms with Crippen LogP contribution in [0.2, 0.25) is 0 Å². The molecule has 4 aromatic carbocycles. The van der Waals surface area contributed by atoms with E-state index >= 15 is 0 Å². The Labute approximate surface area is 240 Å². The number of hydrogen-bond acceptors (Lipinski definition) is 5. The van der Waals surface area contributed by atoms with E-state index in [1.807, 2.05) is 61.5 Å². The Balaban J connectivity index is 1.79. The summed E-state index contributed by atoms with van der Waals surface area (Å²) in [5, 5.41) is 2.96. The Kier molecular flexibility index (Phi) is 9.58. The van der Waals surface area contributed by atoms with Crippen LogP contribution in [0, 0.1) is 5.82 Å². The Morgan fingerprint density at radius 2 is 1.49 bits per heavy atom. The number of halogens is 1. The van der Waals surface area contributed by atoms with Crippen molar-refractivity contribution in [1.82, 2.24) is 4.90 Å². The van der Waals surface area contributed by atoms with Crippen LogP contribution in [0.3, 0.4) is 0 Å². The number of carbonyl (C=O) groups excluding carboxylic acids is 2. The fourth-order valence-corrected chi connectivity index (χ4v) is 4.55. The molecule has 4 aromatic rings. The van der Waals surface area contributed by atoms with Gasteiger partial charge < -0.3 is 24.6 Å². The topological polar surface area (TPSA) is 71.1 Å². The molecule has 0 saturated carbocycles. The van der Waals surface area contributed by atoms with Crippen molar-refractivity contribution in [3.8, 4) is 11.5 Å². The highest BCUT2D eigenvalue weighted by molar-refractivity contribution is 5.98. The highest BCUT2D eigenvalue weighted by Crippen LogP contribution is 2.34. The molecule has 1 N–H and O–H groups in total. The number of amides is 2. The molecule has 0 aliphatic heterocycles. The summed E-state index contributed by atoms with van der Waals surface area (Å²) >= 11 is 0. The number of anilines is 2. The molecule has 0 radical (unpaired) electrons. The fraction of sp³-hybridized carbons (Fsp3) is 0.212. The number of rotatable bonds is 11. The number of benzene rings is 4. The van der Waals surface area contributed by atoms with Crippen LogP contribution >= 0.6 is 0 Å². The highest BCUT2D eigenvalue weighted by atomic mass is 19.1. The van der Waals surface area contributed by atoms with Crippen LogP contribution in [0.15, 0.2) is 97.1 Å². The van der Waals surface area contributed by atoms with E-state index in [1.165, 1.54) is 25.2 Å². The summed E-state index contributed by atoms with van der Waals surface area (Å²) in [5.41, 5.74) is 3.10. The van der Waals surface area contributed by atoms with Gasteiger partial charge in [0.15, 0.2) is 11.5 Å². The number of nitrogens with zero attached hydrogens (tertiary/aromatic N) is 2. The second-order valence-corrected chi connectivity index (χ2v) is 9.72. The molecule has 8 heteroatoms. The van der Waals surface area contributed by atoms with Crippen LogP contribution < -0.4 is 19.7 Å². The molecule has 0 fully saturated rings. The van der Waals surface area contributed by atoms with Gasteiger partial charge in [-0.1, -0.05) is 54.6 Å². The van der Waals surface area contributed by atoms with Crippen LogP contribution in [-0.4, -0.2) is 45.0 Å².